The zero-order valence-electron chi connectivity index (χ0n) is 17.1. The fourth-order valence-electron chi connectivity index (χ4n) is 4.24. The highest BCUT2D eigenvalue weighted by Gasteiger charge is 2.41. The SMILES string of the molecule is COc1ccc([C@@H]2CC(=O)C3=C(C2)OC(N)=C(C#N)[C@H]3c2ccc(Cl)cc2)cc1OC. The molecule has 0 saturated heterocycles. The number of carbonyl (C=O) groups excluding carboxylic acids is 1. The Morgan fingerprint density at radius 3 is 2.39 bits per heavy atom. The molecule has 6 nitrogen and oxygen atoms in total. The highest BCUT2D eigenvalue weighted by molar-refractivity contribution is 6.30. The molecule has 0 spiro atoms. The van der Waals surface area contributed by atoms with Gasteiger partial charge < -0.3 is 19.9 Å². The summed E-state index contributed by atoms with van der Waals surface area (Å²) in [4.78, 5) is 13.3. The van der Waals surface area contributed by atoms with Gasteiger partial charge in [-0.05, 0) is 41.3 Å². The highest BCUT2D eigenvalue weighted by Crippen LogP contribution is 2.47. The molecule has 2 atom stereocenters. The average molecular weight is 437 g/mol. The van der Waals surface area contributed by atoms with Crippen molar-refractivity contribution < 1.29 is 19.0 Å². The molecule has 7 heteroatoms. The third-order valence-corrected chi connectivity index (χ3v) is 6.00. The standard InChI is InChI=1S/C24H21ClN2O4/c1-29-19-8-5-14(10-20(19)30-2)15-9-18(28)23-21(11-15)31-24(27)17(12-26)22(23)13-3-6-16(25)7-4-13/h3-8,10,15,22H,9,11,27H2,1-2H3/t15-,22-/m1/s1. The quantitative estimate of drug-likeness (QED) is 0.754. The van der Waals surface area contributed by atoms with Gasteiger partial charge in [0.15, 0.2) is 17.3 Å². The predicted octanol–water partition coefficient (Wildman–Crippen LogP) is 4.57. The fourth-order valence-corrected chi connectivity index (χ4v) is 4.36. The van der Waals surface area contributed by atoms with Crippen molar-refractivity contribution in [1.82, 2.24) is 0 Å². The molecular formula is C24H21ClN2O4. The van der Waals surface area contributed by atoms with Crippen molar-refractivity contribution in [2.45, 2.75) is 24.7 Å². The summed E-state index contributed by atoms with van der Waals surface area (Å²) in [6.07, 6.45) is 0.778. The summed E-state index contributed by atoms with van der Waals surface area (Å²) in [6, 6.07) is 14.8. The first-order valence-electron chi connectivity index (χ1n) is 9.78. The van der Waals surface area contributed by atoms with Crippen LogP contribution in [0.25, 0.3) is 0 Å². The maximum absolute atomic E-state index is 13.3. The number of benzene rings is 2. The molecule has 0 amide bonds. The first-order valence-corrected chi connectivity index (χ1v) is 10.2. The van der Waals surface area contributed by atoms with Gasteiger partial charge in [0.2, 0.25) is 5.88 Å². The molecule has 1 aliphatic carbocycles. The number of nitrogens with zero attached hydrogens (tertiary/aromatic N) is 1. The number of methoxy groups -OCH3 is 2. The zero-order chi connectivity index (χ0) is 22.1. The molecule has 158 valence electrons. The van der Waals surface area contributed by atoms with E-state index in [4.69, 9.17) is 31.5 Å². The summed E-state index contributed by atoms with van der Waals surface area (Å²) in [5.41, 5.74) is 8.54. The number of hydrogen-bond acceptors (Lipinski definition) is 6. The highest BCUT2D eigenvalue weighted by atomic mass is 35.5. The zero-order valence-corrected chi connectivity index (χ0v) is 17.9. The first kappa shape index (κ1) is 20.8. The van der Waals surface area contributed by atoms with E-state index < -0.39 is 5.92 Å². The van der Waals surface area contributed by atoms with E-state index in [0.29, 0.717) is 40.7 Å². The monoisotopic (exact) mass is 436 g/mol. The second kappa shape index (κ2) is 8.37. The minimum absolute atomic E-state index is 0.0296. The van der Waals surface area contributed by atoms with Crippen molar-refractivity contribution in [3.63, 3.8) is 0 Å². The second-order valence-electron chi connectivity index (χ2n) is 7.46. The van der Waals surface area contributed by atoms with Crippen molar-refractivity contribution in [2.75, 3.05) is 14.2 Å². The Labute approximate surface area is 185 Å². The van der Waals surface area contributed by atoms with Crippen molar-refractivity contribution in [3.8, 4) is 17.6 Å². The van der Waals surface area contributed by atoms with Gasteiger partial charge in [0.1, 0.15) is 17.4 Å². The molecule has 2 aromatic rings. The molecule has 31 heavy (non-hydrogen) atoms. The molecule has 0 fully saturated rings. The number of Topliss-reactive ketones (excluding diaryl/α,β-unsaturated/α-hetero) is 1. The number of hydrogen-bond donors (Lipinski definition) is 1. The van der Waals surface area contributed by atoms with Crippen LogP contribution in [0.1, 0.15) is 35.8 Å². The van der Waals surface area contributed by atoms with Crippen LogP contribution >= 0.6 is 11.6 Å². The summed E-state index contributed by atoms with van der Waals surface area (Å²) >= 11 is 6.02. The lowest BCUT2D eigenvalue weighted by atomic mass is 9.73. The third-order valence-electron chi connectivity index (χ3n) is 5.74. The molecule has 1 aliphatic heterocycles. The van der Waals surface area contributed by atoms with Gasteiger partial charge in [-0.2, -0.15) is 5.26 Å². The first-order chi connectivity index (χ1) is 15.0. The number of rotatable bonds is 4. The number of halogens is 1. The number of ether oxygens (including phenoxy) is 3. The van der Waals surface area contributed by atoms with Crippen molar-refractivity contribution in [1.29, 1.82) is 5.26 Å². The topological polar surface area (TPSA) is 94.6 Å². The summed E-state index contributed by atoms with van der Waals surface area (Å²) < 4.78 is 16.5. The van der Waals surface area contributed by atoms with Gasteiger partial charge in [-0.3, -0.25) is 4.79 Å². The molecule has 0 saturated carbocycles. The van der Waals surface area contributed by atoms with E-state index in [1.807, 2.05) is 18.2 Å². The Morgan fingerprint density at radius 1 is 1.06 bits per heavy atom. The Balaban J connectivity index is 1.75. The summed E-state index contributed by atoms with van der Waals surface area (Å²) in [5, 5.41) is 10.3. The van der Waals surface area contributed by atoms with Crippen molar-refractivity contribution in [2.24, 2.45) is 5.73 Å². The lowest BCUT2D eigenvalue weighted by Crippen LogP contribution is -2.29. The summed E-state index contributed by atoms with van der Waals surface area (Å²) in [7, 11) is 3.15. The molecular weight excluding hydrogens is 416 g/mol. The van der Waals surface area contributed by atoms with Crippen LogP contribution in [0.3, 0.4) is 0 Å². The Bertz CT molecular complexity index is 1150. The van der Waals surface area contributed by atoms with Crippen LogP contribution in [0.5, 0.6) is 11.5 Å². The lowest BCUT2D eigenvalue weighted by Gasteiger charge is -2.34. The van der Waals surface area contributed by atoms with Gasteiger partial charge in [0, 0.05) is 23.4 Å². The molecule has 2 aliphatic rings. The number of allylic oxidation sites excluding steroid dienone is 3. The summed E-state index contributed by atoms with van der Waals surface area (Å²) in [6.45, 7) is 0. The Kier molecular flexibility index (Phi) is 5.62. The van der Waals surface area contributed by atoms with Gasteiger partial charge in [-0.15, -0.1) is 0 Å². The Morgan fingerprint density at radius 2 is 1.74 bits per heavy atom. The molecule has 0 radical (unpaired) electrons. The van der Waals surface area contributed by atoms with Gasteiger partial charge >= 0.3 is 0 Å². The predicted molar refractivity (Wildman–Crippen MR) is 116 cm³/mol. The van der Waals surface area contributed by atoms with E-state index >= 15 is 0 Å². The lowest BCUT2D eigenvalue weighted by molar-refractivity contribution is -0.117. The minimum atomic E-state index is -0.565. The van der Waals surface area contributed by atoms with E-state index in [2.05, 4.69) is 6.07 Å². The molecule has 2 aromatic carbocycles. The molecule has 0 aromatic heterocycles. The van der Waals surface area contributed by atoms with Gasteiger partial charge in [0.25, 0.3) is 0 Å². The average Bonchev–Trinajstić information content (AvgIpc) is 2.78. The van der Waals surface area contributed by atoms with Gasteiger partial charge in [-0.25, -0.2) is 0 Å². The smallest absolute Gasteiger partial charge is 0.205 e. The number of carbonyl (C=O) groups is 1. The molecule has 1 heterocycles. The van der Waals surface area contributed by atoms with Gasteiger partial charge in [0.05, 0.1) is 20.1 Å². The van der Waals surface area contributed by atoms with Crippen LogP contribution in [-0.4, -0.2) is 20.0 Å². The van der Waals surface area contributed by atoms with Gasteiger partial charge in [-0.1, -0.05) is 29.8 Å². The number of nitrogens with two attached hydrogens (primary N) is 1. The van der Waals surface area contributed by atoms with Crippen molar-refractivity contribution >= 4 is 17.4 Å². The molecule has 2 N–H and O–H groups in total. The van der Waals surface area contributed by atoms with E-state index in [-0.39, 0.29) is 23.2 Å². The minimum Gasteiger partial charge on any atom is -0.493 e. The van der Waals surface area contributed by atoms with E-state index in [9.17, 15) is 10.1 Å². The third kappa shape index (κ3) is 3.73. The second-order valence-corrected chi connectivity index (χ2v) is 7.89. The largest absolute Gasteiger partial charge is 0.493 e. The van der Waals surface area contributed by atoms with Crippen molar-refractivity contribution in [3.05, 3.63) is 81.4 Å². The van der Waals surface area contributed by atoms with Crippen LogP contribution in [0.4, 0.5) is 0 Å². The van der Waals surface area contributed by atoms with E-state index in [0.717, 1.165) is 11.1 Å². The molecule has 4 rings (SSSR count). The fraction of sp³-hybridized carbons (Fsp3) is 0.250. The normalized spacial score (nSPS) is 20.6. The summed E-state index contributed by atoms with van der Waals surface area (Å²) in [5.74, 6) is 1.02. The van der Waals surface area contributed by atoms with Crippen LogP contribution in [0, 0.1) is 11.3 Å². The maximum Gasteiger partial charge on any atom is 0.205 e. The number of nitriles is 1. The van der Waals surface area contributed by atoms with E-state index in [1.165, 1.54) is 0 Å². The van der Waals surface area contributed by atoms with Crippen LogP contribution < -0.4 is 15.2 Å². The van der Waals surface area contributed by atoms with Crippen LogP contribution in [-0.2, 0) is 9.53 Å². The molecule has 0 bridgehead atoms. The Hall–Kier alpha value is -3.43. The van der Waals surface area contributed by atoms with Crippen LogP contribution in [0.15, 0.2) is 65.3 Å². The number of ketones is 1. The van der Waals surface area contributed by atoms with E-state index in [1.54, 1.807) is 38.5 Å². The van der Waals surface area contributed by atoms with Crippen LogP contribution in [0.2, 0.25) is 5.02 Å². The maximum atomic E-state index is 13.3. The molecule has 0 unspecified atom stereocenters.